The number of benzene rings is 1. The smallest absolute Gasteiger partial charge is 0.262 e. The summed E-state index contributed by atoms with van der Waals surface area (Å²) in [6, 6.07) is 9.68. The van der Waals surface area contributed by atoms with E-state index in [-0.39, 0.29) is 17.6 Å². The third-order valence-corrected chi connectivity index (χ3v) is 4.45. The van der Waals surface area contributed by atoms with Gasteiger partial charge in [0.25, 0.3) is 5.91 Å². The molecule has 0 saturated heterocycles. The van der Waals surface area contributed by atoms with Gasteiger partial charge in [0, 0.05) is 4.88 Å². The second-order valence-corrected chi connectivity index (χ2v) is 6.86. The lowest BCUT2D eigenvalue weighted by atomic mass is 10.0. The van der Waals surface area contributed by atoms with Crippen LogP contribution in [-0.4, -0.2) is 23.0 Å². The number of hydrogen-bond donors (Lipinski definition) is 3. The van der Waals surface area contributed by atoms with Crippen molar-refractivity contribution < 1.29 is 14.7 Å². The van der Waals surface area contributed by atoms with E-state index in [4.69, 9.17) is 5.73 Å². The molecular weight excluding hydrogens is 312 g/mol. The Morgan fingerprint density at radius 1 is 1.26 bits per heavy atom. The molecule has 0 saturated carbocycles. The number of phenolic OH excluding ortho intramolecular Hbond substituents is 1. The van der Waals surface area contributed by atoms with Crippen LogP contribution in [0, 0.1) is 5.92 Å². The Labute approximate surface area is 139 Å². The summed E-state index contributed by atoms with van der Waals surface area (Å²) in [6.45, 7) is 3.93. The average molecular weight is 332 g/mol. The van der Waals surface area contributed by atoms with Crippen LogP contribution in [0.5, 0.6) is 5.75 Å². The van der Waals surface area contributed by atoms with Gasteiger partial charge in [0.05, 0.1) is 4.88 Å². The minimum Gasteiger partial charge on any atom is -0.508 e. The zero-order chi connectivity index (χ0) is 17.0. The molecule has 0 aliphatic rings. The van der Waals surface area contributed by atoms with Crippen LogP contribution in [0.3, 0.4) is 0 Å². The van der Waals surface area contributed by atoms with E-state index in [1.54, 1.807) is 24.3 Å². The highest BCUT2D eigenvalue weighted by molar-refractivity contribution is 7.17. The summed E-state index contributed by atoms with van der Waals surface area (Å²) in [4.78, 5) is 25.1. The number of nitrogens with two attached hydrogens (primary N) is 1. The molecule has 1 unspecified atom stereocenters. The van der Waals surface area contributed by atoms with Crippen molar-refractivity contribution in [2.75, 3.05) is 0 Å². The highest BCUT2D eigenvalue weighted by Gasteiger charge is 2.21. The van der Waals surface area contributed by atoms with Gasteiger partial charge in [-0.3, -0.25) is 9.59 Å². The Morgan fingerprint density at radius 3 is 2.61 bits per heavy atom. The Kier molecular flexibility index (Phi) is 5.39. The summed E-state index contributed by atoms with van der Waals surface area (Å²) in [6.07, 6.45) is 0.506. The standard InChI is InChI=1S/C17H20N2O3S/c1-10(2)8-13(16(18)21)19-17(22)15-7-6-14(23-15)11-4-3-5-12(20)9-11/h3-7,9-10,13,20H,8H2,1-2H3,(H2,18,21)(H,19,22). The van der Waals surface area contributed by atoms with Crippen LogP contribution >= 0.6 is 11.3 Å². The van der Waals surface area contributed by atoms with Crippen molar-refractivity contribution in [3.8, 4) is 16.2 Å². The second-order valence-electron chi connectivity index (χ2n) is 5.77. The minimum absolute atomic E-state index is 0.174. The van der Waals surface area contributed by atoms with Gasteiger partial charge < -0.3 is 16.2 Å². The first-order chi connectivity index (χ1) is 10.9. The monoisotopic (exact) mass is 332 g/mol. The van der Waals surface area contributed by atoms with Crippen molar-refractivity contribution in [3.05, 3.63) is 41.3 Å². The number of carbonyl (C=O) groups excluding carboxylic acids is 2. The Bertz CT molecular complexity index is 709. The molecule has 5 nitrogen and oxygen atoms in total. The Balaban J connectivity index is 2.13. The lowest BCUT2D eigenvalue weighted by Crippen LogP contribution is -2.45. The fourth-order valence-electron chi connectivity index (χ4n) is 2.22. The SMILES string of the molecule is CC(C)CC(NC(=O)c1ccc(-c2cccc(O)c2)s1)C(N)=O. The van der Waals surface area contributed by atoms with E-state index in [9.17, 15) is 14.7 Å². The van der Waals surface area contributed by atoms with Gasteiger partial charge in [-0.15, -0.1) is 11.3 Å². The molecule has 6 heteroatoms. The van der Waals surface area contributed by atoms with Gasteiger partial charge in [0.2, 0.25) is 5.91 Å². The number of amides is 2. The third-order valence-electron chi connectivity index (χ3n) is 3.32. The van der Waals surface area contributed by atoms with Crippen LogP contribution in [0.15, 0.2) is 36.4 Å². The fraction of sp³-hybridized carbons (Fsp3) is 0.294. The third kappa shape index (κ3) is 4.56. The van der Waals surface area contributed by atoms with Crippen molar-refractivity contribution in [1.29, 1.82) is 0 Å². The Morgan fingerprint density at radius 2 is 2.00 bits per heavy atom. The lowest BCUT2D eigenvalue weighted by Gasteiger charge is -2.16. The predicted molar refractivity (Wildman–Crippen MR) is 91.3 cm³/mol. The number of primary amides is 1. The molecule has 2 amide bonds. The number of aromatic hydroxyl groups is 1. The summed E-state index contributed by atoms with van der Waals surface area (Å²) < 4.78 is 0. The van der Waals surface area contributed by atoms with Crippen molar-refractivity contribution in [2.45, 2.75) is 26.3 Å². The quantitative estimate of drug-likeness (QED) is 0.759. The summed E-state index contributed by atoms with van der Waals surface area (Å²) in [5, 5.41) is 12.2. The summed E-state index contributed by atoms with van der Waals surface area (Å²) in [5.41, 5.74) is 6.18. The van der Waals surface area contributed by atoms with Crippen LogP contribution < -0.4 is 11.1 Å². The molecule has 0 fully saturated rings. The largest absolute Gasteiger partial charge is 0.508 e. The molecule has 1 aromatic heterocycles. The van der Waals surface area contributed by atoms with E-state index in [0.29, 0.717) is 11.3 Å². The first kappa shape index (κ1) is 17.0. The molecule has 23 heavy (non-hydrogen) atoms. The molecule has 0 radical (unpaired) electrons. The molecule has 0 spiro atoms. The van der Waals surface area contributed by atoms with E-state index in [2.05, 4.69) is 5.32 Å². The number of thiophene rings is 1. The number of nitrogens with one attached hydrogen (secondary N) is 1. The van der Waals surface area contributed by atoms with Gasteiger partial charge in [-0.1, -0.05) is 26.0 Å². The maximum absolute atomic E-state index is 12.3. The second kappa shape index (κ2) is 7.28. The van der Waals surface area contributed by atoms with Crippen molar-refractivity contribution in [3.63, 3.8) is 0 Å². The van der Waals surface area contributed by atoms with Crippen molar-refractivity contribution >= 4 is 23.2 Å². The molecule has 1 heterocycles. The molecule has 4 N–H and O–H groups in total. The number of hydrogen-bond acceptors (Lipinski definition) is 4. The first-order valence-electron chi connectivity index (χ1n) is 7.36. The van der Waals surface area contributed by atoms with E-state index in [1.165, 1.54) is 11.3 Å². The minimum atomic E-state index is -0.672. The van der Waals surface area contributed by atoms with Gasteiger partial charge in [-0.25, -0.2) is 0 Å². The zero-order valence-electron chi connectivity index (χ0n) is 13.1. The maximum Gasteiger partial charge on any atom is 0.262 e. The van der Waals surface area contributed by atoms with Gasteiger partial charge >= 0.3 is 0 Å². The maximum atomic E-state index is 12.3. The van der Waals surface area contributed by atoms with Gasteiger partial charge in [-0.2, -0.15) is 0 Å². The lowest BCUT2D eigenvalue weighted by molar-refractivity contribution is -0.120. The highest BCUT2D eigenvalue weighted by Crippen LogP contribution is 2.30. The molecule has 2 rings (SSSR count). The van der Waals surface area contributed by atoms with E-state index in [1.807, 2.05) is 26.0 Å². The average Bonchev–Trinajstić information content (AvgIpc) is 2.95. The topological polar surface area (TPSA) is 92.4 Å². The number of rotatable bonds is 6. The van der Waals surface area contributed by atoms with Gasteiger partial charge in [0.15, 0.2) is 0 Å². The summed E-state index contributed by atoms with van der Waals surface area (Å²) in [5.74, 6) is -0.422. The van der Waals surface area contributed by atoms with Crippen molar-refractivity contribution in [2.24, 2.45) is 11.7 Å². The van der Waals surface area contributed by atoms with Crippen LogP contribution in [0.1, 0.15) is 29.9 Å². The molecular formula is C17H20N2O3S. The molecule has 122 valence electrons. The predicted octanol–water partition coefficient (Wildman–Crippen LogP) is 2.75. The summed E-state index contributed by atoms with van der Waals surface area (Å²) >= 11 is 1.30. The molecule has 1 atom stereocenters. The van der Waals surface area contributed by atoms with E-state index < -0.39 is 11.9 Å². The zero-order valence-corrected chi connectivity index (χ0v) is 13.9. The van der Waals surface area contributed by atoms with Crippen LogP contribution in [0.25, 0.3) is 10.4 Å². The number of carbonyl (C=O) groups is 2. The van der Waals surface area contributed by atoms with Crippen LogP contribution in [0.2, 0.25) is 0 Å². The molecule has 0 bridgehead atoms. The number of phenols is 1. The molecule has 2 aromatic rings. The fourth-order valence-corrected chi connectivity index (χ4v) is 3.13. The van der Waals surface area contributed by atoms with E-state index >= 15 is 0 Å². The molecule has 0 aliphatic carbocycles. The van der Waals surface area contributed by atoms with Crippen LogP contribution in [0.4, 0.5) is 0 Å². The molecule has 0 aliphatic heterocycles. The highest BCUT2D eigenvalue weighted by atomic mass is 32.1. The van der Waals surface area contributed by atoms with Gasteiger partial charge in [0.1, 0.15) is 11.8 Å². The normalized spacial score (nSPS) is 12.1. The van der Waals surface area contributed by atoms with Crippen LogP contribution in [-0.2, 0) is 4.79 Å². The van der Waals surface area contributed by atoms with E-state index in [0.717, 1.165) is 10.4 Å². The Hall–Kier alpha value is -2.34. The first-order valence-corrected chi connectivity index (χ1v) is 8.18. The van der Waals surface area contributed by atoms with Gasteiger partial charge in [-0.05, 0) is 42.2 Å². The molecule has 1 aromatic carbocycles. The summed E-state index contributed by atoms with van der Waals surface area (Å²) in [7, 11) is 0. The van der Waals surface area contributed by atoms with Crippen molar-refractivity contribution in [1.82, 2.24) is 5.32 Å².